The molecular weight excluding hydrogens is 454 g/mol. The van der Waals surface area contributed by atoms with Crippen LogP contribution in [0.4, 0.5) is 11.7 Å². The number of ether oxygens (including phenoxy) is 1. The van der Waals surface area contributed by atoms with Gasteiger partial charge in [-0.15, -0.1) is 0 Å². The maximum atomic E-state index is 13.3. The molecule has 2 aliphatic rings. The van der Waals surface area contributed by atoms with Crippen LogP contribution in [0, 0.1) is 5.92 Å². The average molecular weight is 482 g/mol. The van der Waals surface area contributed by atoms with Crippen LogP contribution in [0.1, 0.15) is 12.8 Å². The van der Waals surface area contributed by atoms with Gasteiger partial charge in [-0.3, -0.25) is 4.79 Å². The van der Waals surface area contributed by atoms with Crippen LogP contribution in [0.5, 0.6) is 5.75 Å². The van der Waals surface area contributed by atoms with Gasteiger partial charge in [0.1, 0.15) is 5.75 Å². The largest absolute Gasteiger partial charge is 0.497 e. The molecule has 0 radical (unpaired) electrons. The Hall–Kier alpha value is -3.26. The number of halogens is 1. The Balaban J connectivity index is 1.19. The monoisotopic (exact) mass is 481 g/mol. The van der Waals surface area contributed by atoms with E-state index in [9.17, 15) is 4.79 Å². The number of carbonyl (C=O) groups is 1. The summed E-state index contributed by atoms with van der Waals surface area (Å²) < 4.78 is 10.8. The van der Waals surface area contributed by atoms with Gasteiger partial charge in [0.15, 0.2) is 0 Å². The zero-order valence-corrected chi connectivity index (χ0v) is 19.9. The number of rotatable bonds is 5. The van der Waals surface area contributed by atoms with E-state index in [4.69, 9.17) is 20.9 Å². The highest BCUT2D eigenvalue weighted by Crippen LogP contribution is 2.27. The van der Waals surface area contributed by atoms with Crippen molar-refractivity contribution in [2.24, 2.45) is 5.92 Å². The van der Waals surface area contributed by atoms with Gasteiger partial charge < -0.3 is 24.0 Å². The van der Waals surface area contributed by atoms with Gasteiger partial charge in [-0.25, -0.2) is 0 Å². The number of amides is 1. The van der Waals surface area contributed by atoms with Crippen LogP contribution in [0.3, 0.4) is 0 Å². The van der Waals surface area contributed by atoms with Crippen LogP contribution in [-0.2, 0) is 4.79 Å². The molecular formula is C25H28ClN5O3. The minimum Gasteiger partial charge on any atom is -0.497 e. The Morgan fingerprint density at radius 3 is 2.59 bits per heavy atom. The predicted molar refractivity (Wildman–Crippen MR) is 131 cm³/mol. The molecule has 1 unspecified atom stereocenters. The van der Waals surface area contributed by atoms with Crippen molar-refractivity contribution >= 4 is 29.2 Å². The Morgan fingerprint density at radius 2 is 1.85 bits per heavy atom. The predicted octanol–water partition coefficient (Wildman–Crippen LogP) is 3.96. The van der Waals surface area contributed by atoms with E-state index >= 15 is 0 Å². The second kappa shape index (κ2) is 9.93. The normalized spacial score (nSPS) is 18.8. The topological polar surface area (TPSA) is 74.9 Å². The van der Waals surface area contributed by atoms with E-state index < -0.39 is 0 Å². The summed E-state index contributed by atoms with van der Waals surface area (Å²) in [4.78, 5) is 24.2. The van der Waals surface area contributed by atoms with Crippen molar-refractivity contribution in [2.45, 2.75) is 12.8 Å². The fraction of sp³-hybridized carbons (Fsp3) is 0.400. The molecule has 5 rings (SSSR count). The van der Waals surface area contributed by atoms with Crippen molar-refractivity contribution in [1.29, 1.82) is 0 Å². The third-order valence-electron chi connectivity index (χ3n) is 6.57. The van der Waals surface area contributed by atoms with Gasteiger partial charge in [0.2, 0.25) is 11.7 Å². The van der Waals surface area contributed by atoms with Gasteiger partial charge in [-0.2, -0.15) is 4.98 Å². The van der Waals surface area contributed by atoms with E-state index in [1.54, 1.807) is 7.11 Å². The molecule has 8 nitrogen and oxygen atoms in total. The second-order valence-corrected chi connectivity index (χ2v) is 9.14. The molecule has 178 valence electrons. The van der Waals surface area contributed by atoms with Gasteiger partial charge in [-0.1, -0.05) is 22.8 Å². The van der Waals surface area contributed by atoms with Gasteiger partial charge in [0.25, 0.3) is 0 Å². The van der Waals surface area contributed by atoms with Crippen molar-refractivity contribution in [2.75, 3.05) is 56.2 Å². The number of hydrogen-bond acceptors (Lipinski definition) is 7. The number of carbonyl (C=O) groups excluding carboxylic acids is 1. The zero-order chi connectivity index (χ0) is 23.5. The van der Waals surface area contributed by atoms with Gasteiger partial charge >= 0.3 is 6.01 Å². The Labute approximate surface area is 204 Å². The smallest absolute Gasteiger partial charge is 0.324 e. The van der Waals surface area contributed by atoms with Gasteiger partial charge in [0, 0.05) is 55.5 Å². The lowest BCUT2D eigenvalue weighted by atomic mass is 9.96. The van der Waals surface area contributed by atoms with E-state index in [2.05, 4.69) is 21.1 Å². The van der Waals surface area contributed by atoms with E-state index in [-0.39, 0.29) is 11.8 Å². The fourth-order valence-corrected chi connectivity index (χ4v) is 4.85. The van der Waals surface area contributed by atoms with Crippen molar-refractivity contribution in [3.63, 3.8) is 0 Å². The number of piperazine rings is 1. The molecule has 0 saturated carbocycles. The molecule has 2 fully saturated rings. The number of methoxy groups -OCH3 is 1. The summed E-state index contributed by atoms with van der Waals surface area (Å²) in [6.07, 6.45) is 1.79. The first kappa shape index (κ1) is 22.5. The molecule has 9 heteroatoms. The van der Waals surface area contributed by atoms with Gasteiger partial charge in [0.05, 0.1) is 13.0 Å². The Bertz CT molecular complexity index is 1130. The maximum Gasteiger partial charge on any atom is 0.324 e. The summed E-state index contributed by atoms with van der Waals surface area (Å²) in [6, 6.07) is 15.9. The highest BCUT2D eigenvalue weighted by Gasteiger charge is 2.32. The van der Waals surface area contributed by atoms with Crippen LogP contribution >= 0.6 is 11.6 Å². The number of hydrogen-bond donors (Lipinski definition) is 0. The minimum atomic E-state index is -0.0668. The molecule has 0 N–H and O–H groups in total. The van der Waals surface area contributed by atoms with Crippen LogP contribution in [0.2, 0.25) is 5.02 Å². The second-order valence-electron chi connectivity index (χ2n) is 8.71. The fourth-order valence-electron chi connectivity index (χ4n) is 4.67. The lowest BCUT2D eigenvalue weighted by Crippen LogP contribution is -2.52. The third kappa shape index (κ3) is 4.82. The lowest BCUT2D eigenvalue weighted by molar-refractivity contribution is -0.136. The molecule has 2 aromatic carbocycles. The summed E-state index contributed by atoms with van der Waals surface area (Å²) in [7, 11) is 1.63. The van der Waals surface area contributed by atoms with Crippen molar-refractivity contribution in [3.05, 3.63) is 53.6 Å². The Morgan fingerprint density at radius 1 is 1.06 bits per heavy atom. The molecule has 0 spiro atoms. The minimum absolute atomic E-state index is 0.0668. The third-order valence-corrected chi connectivity index (χ3v) is 6.80. The highest BCUT2D eigenvalue weighted by atomic mass is 35.5. The standard InChI is InChI=1S/C25H28ClN5O3/c1-33-22-9-7-18(8-10-22)23-27-25(34-28-23)31-11-3-4-19(17-31)24(32)30-14-12-29(13-15-30)21-6-2-5-20(26)16-21/h2,5-10,16,19H,3-4,11-15,17H2,1H3. The maximum absolute atomic E-state index is 13.3. The first-order valence-corrected chi connectivity index (χ1v) is 12.0. The molecule has 1 amide bonds. The quantitative estimate of drug-likeness (QED) is 0.546. The molecule has 3 heterocycles. The number of nitrogens with zero attached hydrogens (tertiary/aromatic N) is 5. The van der Waals surface area contributed by atoms with E-state index in [1.807, 2.05) is 52.3 Å². The molecule has 34 heavy (non-hydrogen) atoms. The molecule has 1 atom stereocenters. The first-order valence-electron chi connectivity index (χ1n) is 11.6. The number of aromatic nitrogens is 2. The first-order chi connectivity index (χ1) is 16.6. The summed E-state index contributed by atoms with van der Waals surface area (Å²) in [5, 5.41) is 4.87. The molecule has 3 aromatic rings. The van der Waals surface area contributed by atoms with E-state index in [0.29, 0.717) is 31.5 Å². The van der Waals surface area contributed by atoms with Crippen LogP contribution in [-0.4, -0.2) is 67.3 Å². The van der Waals surface area contributed by atoms with Crippen molar-refractivity contribution in [3.8, 4) is 17.1 Å². The number of piperidine rings is 1. The van der Waals surface area contributed by atoms with Crippen LogP contribution < -0.4 is 14.5 Å². The average Bonchev–Trinajstić information content (AvgIpc) is 3.39. The van der Waals surface area contributed by atoms with Crippen molar-refractivity contribution in [1.82, 2.24) is 15.0 Å². The molecule has 0 bridgehead atoms. The number of anilines is 2. The zero-order valence-electron chi connectivity index (χ0n) is 19.2. The molecule has 2 aliphatic heterocycles. The van der Waals surface area contributed by atoms with Gasteiger partial charge in [-0.05, 0) is 55.3 Å². The van der Waals surface area contributed by atoms with E-state index in [0.717, 1.165) is 54.5 Å². The summed E-state index contributed by atoms with van der Waals surface area (Å²) in [5.41, 5.74) is 1.96. The summed E-state index contributed by atoms with van der Waals surface area (Å²) in [6.45, 7) is 4.43. The van der Waals surface area contributed by atoms with Crippen molar-refractivity contribution < 1.29 is 14.1 Å². The SMILES string of the molecule is COc1ccc(-c2noc(N3CCCC(C(=O)N4CCN(c5cccc(Cl)c5)CC4)C3)n2)cc1. The summed E-state index contributed by atoms with van der Waals surface area (Å²) in [5.74, 6) is 1.45. The molecule has 1 aromatic heterocycles. The van der Waals surface area contributed by atoms with E-state index in [1.165, 1.54) is 0 Å². The highest BCUT2D eigenvalue weighted by molar-refractivity contribution is 6.30. The summed E-state index contributed by atoms with van der Waals surface area (Å²) >= 11 is 6.14. The molecule has 2 saturated heterocycles. The number of benzene rings is 2. The van der Waals surface area contributed by atoms with Crippen LogP contribution in [0.25, 0.3) is 11.4 Å². The lowest BCUT2D eigenvalue weighted by Gasteiger charge is -2.39. The Kier molecular flexibility index (Phi) is 6.58. The molecule has 0 aliphatic carbocycles. The van der Waals surface area contributed by atoms with Crippen LogP contribution in [0.15, 0.2) is 53.1 Å².